The van der Waals surface area contributed by atoms with Crippen molar-refractivity contribution in [3.8, 4) is 11.6 Å². The number of aromatic nitrogens is 4. The van der Waals surface area contributed by atoms with Crippen LogP contribution in [0.15, 0.2) is 9.80 Å². The van der Waals surface area contributed by atoms with Crippen LogP contribution in [0, 0.1) is 0 Å². The van der Waals surface area contributed by atoms with Gasteiger partial charge in [0, 0.05) is 5.38 Å². The Hall–Kier alpha value is -1.34. The summed E-state index contributed by atoms with van der Waals surface area (Å²) in [5.74, 6) is 1.05. The third kappa shape index (κ3) is 2.86. The standard InChI is InChI=1S/C10H15N5OS/c1-3-5-11-7(4-2)9-13-14-10(16-9)8-6-17-15-12-8/h6-7,11H,3-5H2,1-2H3. The van der Waals surface area contributed by atoms with Crippen LogP contribution in [0.2, 0.25) is 0 Å². The Morgan fingerprint density at radius 1 is 1.35 bits per heavy atom. The van der Waals surface area contributed by atoms with E-state index >= 15 is 0 Å². The molecule has 0 aliphatic carbocycles. The highest BCUT2D eigenvalue weighted by Crippen LogP contribution is 2.20. The molecule has 0 aliphatic heterocycles. The van der Waals surface area contributed by atoms with E-state index in [2.05, 4.69) is 38.9 Å². The van der Waals surface area contributed by atoms with Crippen molar-refractivity contribution in [3.05, 3.63) is 11.3 Å². The summed E-state index contributed by atoms with van der Waals surface area (Å²) in [5.41, 5.74) is 0.638. The first-order valence-corrected chi connectivity index (χ1v) is 6.53. The summed E-state index contributed by atoms with van der Waals surface area (Å²) in [4.78, 5) is 0. The Balaban J connectivity index is 2.11. The van der Waals surface area contributed by atoms with Gasteiger partial charge in [-0.05, 0) is 30.9 Å². The summed E-state index contributed by atoms with van der Waals surface area (Å²) in [5, 5.41) is 17.1. The second-order valence-corrected chi connectivity index (χ2v) is 4.26. The third-order valence-corrected chi connectivity index (χ3v) is 2.87. The Kier molecular flexibility index (Phi) is 4.16. The maximum Gasteiger partial charge on any atom is 0.269 e. The first kappa shape index (κ1) is 12.1. The third-order valence-electron chi connectivity index (χ3n) is 2.37. The van der Waals surface area contributed by atoms with Gasteiger partial charge in [0.25, 0.3) is 5.89 Å². The number of nitrogens with one attached hydrogen (secondary N) is 1. The van der Waals surface area contributed by atoms with Crippen molar-refractivity contribution in [2.75, 3.05) is 6.54 Å². The molecule has 0 aliphatic rings. The van der Waals surface area contributed by atoms with Crippen LogP contribution in [0.1, 0.15) is 38.6 Å². The molecule has 0 saturated carbocycles. The summed E-state index contributed by atoms with van der Waals surface area (Å²) < 4.78 is 9.37. The second-order valence-electron chi connectivity index (χ2n) is 3.65. The molecule has 0 bridgehead atoms. The lowest BCUT2D eigenvalue weighted by Crippen LogP contribution is -2.21. The summed E-state index contributed by atoms with van der Waals surface area (Å²) in [6.45, 7) is 5.15. The first-order chi connectivity index (χ1) is 8.35. The fourth-order valence-corrected chi connectivity index (χ4v) is 1.89. The van der Waals surface area contributed by atoms with Crippen molar-refractivity contribution in [1.29, 1.82) is 0 Å². The zero-order chi connectivity index (χ0) is 12.1. The molecule has 92 valence electrons. The van der Waals surface area contributed by atoms with Crippen LogP contribution >= 0.6 is 11.5 Å². The monoisotopic (exact) mass is 253 g/mol. The van der Waals surface area contributed by atoms with Gasteiger partial charge in [-0.3, -0.25) is 0 Å². The Morgan fingerprint density at radius 2 is 2.24 bits per heavy atom. The highest BCUT2D eigenvalue weighted by molar-refractivity contribution is 7.03. The average molecular weight is 253 g/mol. The zero-order valence-electron chi connectivity index (χ0n) is 9.88. The number of nitrogens with zero attached hydrogens (tertiary/aromatic N) is 4. The van der Waals surface area contributed by atoms with E-state index in [0.29, 0.717) is 17.5 Å². The highest BCUT2D eigenvalue weighted by Gasteiger charge is 2.17. The summed E-state index contributed by atoms with van der Waals surface area (Å²) in [6, 6.07) is 0.114. The van der Waals surface area contributed by atoms with Crippen LogP contribution in [0.5, 0.6) is 0 Å². The smallest absolute Gasteiger partial charge is 0.269 e. The zero-order valence-corrected chi connectivity index (χ0v) is 10.7. The molecular weight excluding hydrogens is 238 g/mol. The SMILES string of the molecule is CCCNC(CC)c1nnc(-c2csnn2)o1. The number of rotatable bonds is 6. The van der Waals surface area contributed by atoms with Crippen molar-refractivity contribution in [1.82, 2.24) is 25.1 Å². The molecule has 1 atom stereocenters. The van der Waals surface area contributed by atoms with Gasteiger partial charge in [0.2, 0.25) is 5.89 Å². The van der Waals surface area contributed by atoms with Crippen molar-refractivity contribution < 1.29 is 4.42 Å². The van der Waals surface area contributed by atoms with Crippen LogP contribution in [0.4, 0.5) is 0 Å². The van der Waals surface area contributed by atoms with Crippen LogP contribution in [0.3, 0.4) is 0 Å². The molecule has 2 aromatic heterocycles. The molecule has 2 aromatic rings. The minimum absolute atomic E-state index is 0.114. The fraction of sp³-hybridized carbons (Fsp3) is 0.600. The van der Waals surface area contributed by atoms with Crippen molar-refractivity contribution in [2.24, 2.45) is 0 Å². The van der Waals surface area contributed by atoms with E-state index in [-0.39, 0.29) is 6.04 Å². The molecular formula is C10H15N5OS. The lowest BCUT2D eigenvalue weighted by molar-refractivity contribution is 0.395. The van der Waals surface area contributed by atoms with E-state index in [1.165, 1.54) is 11.5 Å². The molecule has 0 saturated heterocycles. The molecule has 1 unspecified atom stereocenters. The number of hydrogen-bond donors (Lipinski definition) is 1. The average Bonchev–Trinajstić information content (AvgIpc) is 3.00. The van der Waals surface area contributed by atoms with Crippen LogP contribution in [0.25, 0.3) is 11.6 Å². The fourth-order valence-electron chi connectivity index (χ4n) is 1.46. The summed E-state index contributed by atoms with van der Waals surface area (Å²) in [6.07, 6.45) is 1.99. The highest BCUT2D eigenvalue weighted by atomic mass is 32.1. The topological polar surface area (TPSA) is 76.7 Å². The van der Waals surface area contributed by atoms with Crippen LogP contribution in [-0.2, 0) is 0 Å². The first-order valence-electron chi connectivity index (χ1n) is 5.69. The molecule has 0 spiro atoms. The van der Waals surface area contributed by atoms with E-state index in [0.717, 1.165) is 19.4 Å². The molecule has 0 fully saturated rings. The maximum atomic E-state index is 5.60. The van der Waals surface area contributed by atoms with E-state index < -0.39 is 0 Å². The van der Waals surface area contributed by atoms with Gasteiger partial charge in [0.15, 0.2) is 5.69 Å². The van der Waals surface area contributed by atoms with E-state index in [4.69, 9.17) is 4.42 Å². The molecule has 2 rings (SSSR count). The lowest BCUT2D eigenvalue weighted by Gasteiger charge is -2.11. The van der Waals surface area contributed by atoms with Gasteiger partial charge in [-0.25, -0.2) is 0 Å². The van der Waals surface area contributed by atoms with Crippen molar-refractivity contribution in [3.63, 3.8) is 0 Å². The molecule has 0 aromatic carbocycles. The van der Waals surface area contributed by atoms with Gasteiger partial charge in [-0.1, -0.05) is 18.3 Å². The van der Waals surface area contributed by atoms with Crippen molar-refractivity contribution in [2.45, 2.75) is 32.7 Å². The van der Waals surface area contributed by atoms with Gasteiger partial charge in [0.05, 0.1) is 6.04 Å². The van der Waals surface area contributed by atoms with Crippen LogP contribution < -0.4 is 5.32 Å². The Morgan fingerprint density at radius 3 is 2.88 bits per heavy atom. The summed E-state index contributed by atoms with van der Waals surface area (Å²) >= 11 is 1.27. The Bertz CT molecular complexity index is 441. The Labute approximate surface area is 104 Å². The molecule has 17 heavy (non-hydrogen) atoms. The predicted octanol–water partition coefficient (Wildman–Crippen LogP) is 2.04. The second kappa shape index (κ2) is 5.83. The molecule has 6 nitrogen and oxygen atoms in total. The van der Waals surface area contributed by atoms with Gasteiger partial charge in [-0.15, -0.1) is 15.3 Å². The van der Waals surface area contributed by atoms with E-state index in [1.807, 2.05) is 0 Å². The summed E-state index contributed by atoms with van der Waals surface area (Å²) in [7, 11) is 0. The molecule has 7 heteroatoms. The predicted molar refractivity (Wildman–Crippen MR) is 64.5 cm³/mol. The molecule has 1 N–H and O–H groups in total. The maximum absolute atomic E-state index is 5.60. The van der Waals surface area contributed by atoms with Gasteiger partial charge >= 0.3 is 0 Å². The van der Waals surface area contributed by atoms with E-state index in [1.54, 1.807) is 5.38 Å². The molecule has 2 heterocycles. The lowest BCUT2D eigenvalue weighted by atomic mass is 10.2. The minimum Gasteiger partial charge on any atom is -0.417 e. The van der Waals surface area contributed by atoms with Crippen molar-refractivity contribution >= 4 is 11.5 Å². The van der Waals surface area contributed by atoms with Crippen LogP contribution in [-0.4, -0.2) is 26.3 Å². The molecule has 0 amide bonds. The number of hydrogen-bond acceptors (Lipinski definition) is 7. The normalized spacial score (nSPS) is 12.8. The van der Waals surface area contributed by atoms with Gasteiger partial charge < -0.3 is 9.73 Å². The van der Waals surface area contributed by atoms with E-state index in [9.17, 15) is 0 Å². The molecule has 0 radical (unpaired) electrons. The van der Waals surface area contributed by atoms with Gasteiger partial charge in [-0.2, -0.15) is 0 Å². The van der Waals surface area contributed by atoms with Gasteiger partial charge in [0.1, 0.15) is 0 Å². The minimum atomic E-state index is 0.114. The quantitative estimate of drug-likeness (QED) is 0.849. The largest absolute Gasteiger partial charge is 0.417 e.